The minimum atomic E-state index is -3.73. The van der Waals surface area contributed by atoms with Gasteiger partial charge in [-0.05, 0) is 35.9 Å². The van der Waals surface area contributed by atoms with E-state index in [2.05, 4.69) is 10.1 Å². The van der Waals surface area contributed by atoms with Crippen LogP contribution in [0.3, 0.4) is 0 Å². The van der Waals surface area contributed by atoms with Crippen molar-refractivity contribution in [2.45, 2.75) is 17.9 Å². The number of nitrogens with zero attached hydrogens (tertiary/aromatic N) is 3. The maximum absolute atomic E-state index is 13.3. The third-order valence-corrected chi connectivity index (χ3v) is 7.38. The standard InChI is InChI=1S/C22H20N4O4S/c1-30-22(27)15-7-8-20-18(11-15)19-14-25(10-9-21(19)24-20)31(28,29)17-12-23-26(13-17)16-5-3-2-4-6-16/h2-8,11-13,24H,9-10,14H2,1H3. The first kappa shape index (κ1) is 19.5. The van der Waals surface area contributed by atoms with Crippen molar-refractivity contribution in [3.63, 3.8) is 0 Å². The van der Waals surface area contributed by atoms with Crippen LogP contribution >= 0.6 is 0 Å². The number of rotatable bonds is 4. The van der Waals surface area contributed by atoms with Crippen molar-refractivity contribution in [2.24, 2.45) is 0 Å². The molecule has 1 aliphatic heterocycles. The number of aromatic nitrogens is 3. The van der Waals surface area contributed by atoms with Crippen molar-refractivity contribution >= 4 is 26.9 Å². The molecule has 5 rings (SSSR count). The lowest BCUT2D eigenvalue weighted by atomic mass is 10.0. The zero-order valence-electron chi connectivity index (χ0n) is 16.8. The molecule has 0 saturated heterocycles. The molecule has 8 nitrogen and oxygen atoms in total. The fourth-order valence-electron chi connectivity index (χ4n) is 3.95. The molecule has 0 aliphatic carbocycles. The SMILES string of the molecule is COC(=O)c1ccc2[nH]c3c(c2c1)CN(S(=O)(=O)c1cnn(-c2ccccc2)c1)CC3. The highest BCUT2D eigenvalue weighted by molar-refractivity contribution is 7.89. The topological polar surface area (TPSA) is 97.3 Å². The van der Waals surface area contributed by atoms with Crippen LogP contribution in [0.2, 0.25) is 0 Å². The van der Waals surface area contributed by atoms with E-state index in [1.807, 2.05) is 36.4 Å². The van der Waals surface area contributed by atoms with Gasteiger partial charge in [0.15, 0.2) is 0 Å². The van der Waals surface area contributed by atoms with Gasteiger partial charge in [-0.25, -0.2) is 17.9 Å². The summed E-state index contributed by atoms with van der Waals surface area (Å²) < 4.78 is 34.4. The Labute approximate surface area is 179 Å². The molecule has 0 atom stereocenters. The van der Waals surface area contributed by atoms with Gasteiger partial charge >= 0.3 is 5.97 Å². The molecule has 9 heteroatoms. The number of fused-ring (bicyclic) bond motifs is 3. The summed E-state index contributed by atoms with van der Waals surface area (Å²) in [4.78, 5) is 15.4. The van der Waals surface area contributed by atoms with Crippen LogP contribution in [0.4, 0.5) is 0 Å². The minimum Gasteiger partial charge on any atom is -0.465 e. The van der Waals surface area contributed by atoms with E-state index in [9.17, 15) is 13.2 Å². The van der Waals surface area contributed by atoms with Crippen LogP contribution in [-0.2, 0) is 27.7 Å². The number of esters is 1. The number of para-hydroxylation sites is 1. The van der Waals surface area contributed by atoms with E-state index in [-0.39, 0.29) is 11.4 Å². The van der Waals surface area contributed by atoms with Crippen molar-refractivity contribution in [1.82, 2.24) is 19.1 Å². The Morgan fingerprint density at radius 2 is 1.97 bits per heavy atom. The second-order valence-corrected chi connectivity index (χ2v) is 9.32. The van der Waals surface area contributed by atoms with E-state index in [0.29, 0.717) is 18.5 Å². The van der Waals surface area contributed by atoms with Crippen molar-refractivity contribution in [2.75, 3.05) is 13.7 Å². The predicted molar refractivity (Wildman–Crippen MR) is 115 cm³/mol. The Hall–Kier alpha value is -3.43. The van der Waals surface area contributed by atoms with Gasteiger partial charge in [-0.1, -0.05) is 18.2 Å². The van der Waals surface area contributed by atoms with Crippen LogP contribution in [0, 0.1) is 0 Å². The number of nitrogens with one attached hydrogen (secondary N) is 1. The summed E-state index contributed by atoms with van der Waals surface area (Å²) in [6.45, 7) is 0.585. The summed E-state index contributed by atoms with van der Waals surface area (Å²) in [5, 5.41) is 5.06. The number of benzene rings is 2. The van der Waals surface area contributed by atoms with Crippen LogP contribution in [-0.4, -0.2) is 47.1 Å². The van der Waals surface area contributed by atoms with Gasteiger partial charge in [-0.3, -0.25) is 0 Å². The van der Waals surface area contributed by atoms with Gasteiger partial charge in [0.1, 0.15) is 4.90 Å². The summed E-state index contributed by atoms with van der Waals surface area (Å²) in [5.74, 6) is -0.425. The van der Waals surface area contributed by atoms with Gasteiger partial charge in [0.05, 0.1) is 30.8 Å². The van der Waals surface area contributed by atoms with Gasteiger partial charge in [0, 0.05) is 36.1 Å². The molecule has 158 valence electrons. The number of hydrogen-bond acceptors (Lipinski definition) is 5. The van der Waals surface area contributed by atoms with E-state index in [4.69, 9.17) is 4.74 Å². The van der Waals surface area contributed by atoms with E-state index in [1.54, 1.807) is 16.8 Å². The first-order valence-electron chi connectivity index (χ1n) is 9.79. The number of H-pyrrole nitrogens is 1. The van der Waals surface area contributed by atoms with Gasteiger partial charge in [-0.15, -0.1) is 0 Å². The molecule has 31 heavy (non-hydrogen) atoms. The number of ether oxygens (including phenoxy) is 1. The highest BCUT2D eigenvalue weighted by Crippen LogP contribution is 2.31. The van der Waals surface area contributed by atoms with Crippen LogP contribution in [0.15, 0.2) is 65.8 Å². The number of aromatic amines is 1. The largest absolute Gasteiger partial charge is 0.465 e. The average Bonchev–Trinajstić information content (AvgIpc) is 3.44. The maximum Gasteiger partial charge on any atom is 0.337 e. The molecule has 0 amide bonds. The Kier molecular flexibility index (Phi) is 4.64. The number of carbonyl (C=O) groups excluding carboxylic acids is 1. The number of sulfonamides is 1. The normalized spacial score (nSPS) is 14.5. The van der Waals surface area contributed by atoms with E-state index >= 15 is 0 Å². The molecule has 0 fully saturated rings. The Bertz CT molecular complexity index is 1390. The molecule has 2 aromatic carbocycles. The van der Waals surface area contributed by atoms with Gasteiger partial charge in [0.2, 0.25) is 10.0 Å². The molecule has 0 spiro atoms. The molecular formula is C22H20N4O4S. The number of methoxy groups -OCH3 is 1. The monoisotopic (exact) mass is 436 g/mol. The zero-order chi connectivity index (χ0) is 21.6. The van der Waals surface area contributed by atoms with Crippen molar-refractivity contribution in [1.29, 1.82) is 0 Å². The summed E-state index contributed by atoms with van der Waals surface area (Å²) in [5.41, 5.74) is 3.96. The third kappa shape index (κ3) is 3.31. The second-order valence-electron chi connectivity index (χ2n) is 7.38. The molecule has 1 N–H and O–H groups in total. The molecule has 0 radical (unpaired) electrons. The highest BCUT2D eigenvalue weighted by atomic mass is 32.2. The zero-order valence-corrected chi connectivity index (χ0v) is 17.6. The Morgan fingerprint density at radius 3 is 2.74 bits per heavy atom. The quantitative estimate of drug-likeness (QED) is 0.496. The summed E-state index contributed by atoms with van der Waals surface area (Å²) >= 11 is 0. The average molecular weight is 436 g/mol. The Balaban J connectivity index is 1.48. The third-order valence-electron chi connectivity index (χ3n) is 5.58. The van der Waals surface area contributed by atoms with Gasteiger partial charge < -0.3 is 9.72 Å². The van der Waals surface area contributed by atoms with Crippen LogP contribution < -0.4 is 0 Å². The molecule has 1 aliphatic rings. The van der Waals surface area contributed by atoms with Crippen LogP contribution in [0.25, 0.3) is 16.6 Å². The molecule has 0 bridgehead atoms. The predicted octanol–water partition coefficient (Wildman–Crippen LogP) is 2.89. The fourth-order valence-corrected chi connectivity index (χ4v) is 5.29. The first-order valence-corrected chi connectivity index (χ1v) is 11.2. The molecular weight excluding hydrogens is 416 g/mol. The molecule has 3 heterocycles. The van der Waals surface area contributed by atoms with E-state index in [0.717, 1.165) is 27.8 Å². The van der Waals surface area contributed by atoms with Gasteiger partial charge in [-0.2, -0.15) is 9.40 Å². The van der Waals surface area contributed by atoms with Crippen molar-refractivity contribution in [3.05, 3.63) is 77.7 Å². The summed E-state index contributed by atoms with van der Waals surface area (Å²) in [6.07, 6.45) is 3.47. The van der Waals surface area contributed by atoms with Crippen molar-refractivity contribution < 1.29 is 17.9 Å². The van der Waals surface area contributed by atoms with Crippen molar-refractivity contribution in [3.8, 4) is 5.69 Å². The van der Waals surface area contributed by atoms with E-state index < -0.39 is 16.0 Å². The number of carbonyl (C=O) groups is 1. The fraction of sp³-hybridized carbons (Fsp3) is 0.182. The smallest absolute Gasteiger partial charge is 0.337 e. The lowest BCUT2D eigenvalue weighted by Crippen LogP contribution is -2.35. The molecule has 0 unspecified atom stereocenters. The second kappa shape index (κ2) is 7.36. The molecule has 4 aromatic rings. The minimum absolute atomic E-state index is 0.148. The highest BCUT2D eigenvalue weighted by Gasteiger charge is 2.31. The lowest BCUT2D eigenvalue weighted by Gasteiger charge is -2.26. The first-order chi connectivity index (χ1) is 15.0. The Morgan fingerprint density at radius 1 is 1.16 bits per heavy atom. The summed E-state index contributed by atoms with van der Waals surface area (Å²) in [6, 6.07) is 14.6. The lowest BCUT2D eigenvalue weighted by molar-refractivity contribution is 0.0601. The molecule has 2 aromatic heterocycles. The van der Waals surface area contributed by atoms with Gasteiger partial charge in [0.25, 0.3) is 0 Å². The maximum atomic E-state index is 13.3. The number of hydrogen-bond donors (Lipinski definition) is 1. The van der Waals surface area contributed by atoms with E-state index in [1.165, 1.54) is 23.8 Å². The summed E-state index contributed by atoms with van der Waals surface area (Å²) in [7, 11) is -2.39. The van der Waals surface area contributed by atoms with Crippen LogP contribution in [0.1, 0.15) is 21.6 Å². The van der Waals surface area contributed by atoms with Crippen LogP contribution in [0.5, 0.6) is 0 Å². The molecule has 0 saturated carbocycles.